The molecule has 4 atom stereocenters. The first kappa shape index (κ1) is 6.62. The second-order valence-corrected chi connectivity index (χ2v) is 4.06. The van der Waals surface area contributed by atoms with Crippen molar-refractivity contribution in [3.05, 3.63) is 0 Å². The van der Waals surface area contributed by atoms with E-state index in [1.165, 1.54) is 0 Å². The van der Waals surface area contributed by atoms with E-state index in [1.807, 2.05) is 6.92 Å². The SMILES string of the molecule is CC1(O)CC2CC1CC2O. The van der Waals surface area contributed by atoms with Crippen LogP contribution >= 0.6 is 0 Å². The molecule has 2 fully saturated rings. The van der Waals surface area contributed by atoms with Crippen LogP contribution in [0.5, 0.6) is 0 Å². The van der Waals surface area contributed by atoms with Crippen molar-refractivity contribution in [2.45, 2.75) is 37.9 Å². The molecule has 0 aromatic carbocycles. The van der Waals surface area contributed by atoms with Crippen molar-refractivity contribution < 1.29 is 10.2 Å². The average molecular weight is 142 g/mol. The molecule has 0 heterocycles. The Labute approximate surface area is 60.9 Å². The molecule has 10 heavy (non-hydrogen) atoms. The molecule has 0 spiro atoms. The summed E-state index contributed by atoms with van der Waals surface area (Å²) in [4.78, 5) is 0. The molecule has 2 nitrogen and oxygen atoms in total. The molecule has 0 saturated heterocycles. The second-order valence-electron chi connectivity index (χ2n) is 4.06. The van der Waals surface area contributed by atoms with Gasteiger partial charge in [0, 0.05) is 0 Å². The van der Waals surface area contributed by atoms with Gasteiger partial charge in [0.1, 0.15) is 0 Å². The molecule has 0 amide bonds. The summed E-state index contributed by atoms with van der Waals surface area (Å²) in [7, 11) is 0. The van der Waals surface area contributed by atoms with E-state index < -0.39 is 5.60 Å². The largest absolute Gasteiger partial charge is 0.393 e. The average Bonchev–Trinajstić information content (AvgIpc) is 2.21. The molecule has 2 saturated carbocycles. The van der Waals surface area contributed by atoms with Gasteiger partial charge in [-0.2, -0.15) is 0 Å². The maximum Gasteiger partial charge on any atom is 0.0652 e. The third kappa shape index (κ3) is 0.722. The molecular weight excluding hydrogens is 128 g/mol. The van der Waals surface area contributed by atoms with Crippen LogP contribution in [0.15, 0.2) is 0 Å². The van der Waals surface area contributed by atoms with Gasteiger partial charge in [-0.1, -0.05) is 0 Å². The molecule has 58 valence electrons. The van der Waals surface area contributed by atoms with Crippen molar-refractivity contribution in [3.63, 3.8) is 0 Å². The topological polar surface area (TPSA) is 40.5 Å². The summed E-state index contributed by atoms with van der Waals surface area (Å²) in [5.41, 5.74) is -0.468. The number of hydrogen-bond acceptors (Lipinski definition) is 2. The van der Waals surface area contributed by atoms with E-state index in [2.05, 4.69) is 0 Å². The van der Waals surface area contributed by atoms with Crippen LogP contribution in [0.1, 0.15) is 26.2 Å². The van der Waals surface area contributed by atoms with Crippen LogP contribution in [0.2, 0.25) is 0 Å². The van der Waals surface area contributed by atoms with Crippen molar-refractivity contribution >= 4 is 0 Å². The minimum atomic E-state index is -0.468. The molecule has 4 unspecified atom stereocenters. The van der Waals surface area contributed by atoms with Gasteiger partial charge >= 0.3 is 0 Å². The molecule has 2 rings (SSSR count). The lowest BCUT2D eigenvalue weighted by atomic mass is 9.85. The third-order valence-corrected chi connectivity index (χ3v) is 3.21. The first-order valence-electron chi connectivity index (χ1n) is 4.00. The van der Waals surface area contributed by atoms with Crippen LogP contribution in [-0.2, 0) is 0 Å². The van der Waals surface area contributed by atoms with Gasteiger partial charge in [0.2, 0.25) is 0 Å². The molecule has 0 aromatic heterocycles. The van der Waals surface area contributed by atoms with Gasteiger partial charge in [0.25, 0.3) is 0 Å². The highest BCUT2D eigenvalue weighted by molar-refractivity contribution is 5.02. The molecule has 2 aliphatic carbocycles. The Morgan fingerprint density at radius 1 is 1.40 bits per heavy atom. The van der Waals surface area contributed by atoms with Gasteiger partial charge in [-0.05, 0) is 38.0 Å². The lowest BCUT2D eigenvalue weighted by Crippen LogP contribution is -2.35. The summed E-state index contributed by atoms with van der Waals surface area (Å²) in [5.74, 6) is 0.757. The maximum absolute atomic E-state index is 9.69. The summed E-state index contributed by atoms with van der Waals surface area (Å²) in [6, 6.07) is 0. The lowest BCUT2D eigenvalue weighted by Gasteiger charge is -2.30. The lowest BCUT2D eigenvalue weighted by molar-refractivity contribution is -0.0284. The predicted molar refractivity (Wildman–Crippen MR) is 37.5 cm³/mol. The van der Waals surface area contributed by atoms with Gasteiger partial charge in [-0.15, -0.1) is 0 Å². The van der Waals surface area contributed by atoms with E-state index in [1.54, 1.807) is 0 Å². The van der Waals surface area contributed by atoms with E-state index in [0.29, 0.717) is 11.8 Å². The van der Waals surface area contributed by atoms with Gasteiger partial charge in [0.05, 0.1) is 11.7 Å². The molecule has 0 aromatic rings. The van der Waals surface area contributed by atoms with Crippen LogP contribution in [0.25, 0.3) is 0 Å². The van der Waals surface area contributed by atoms with E-state index in [4.69, 9.17) is 0 Å². The monoisotopic (exact) mass is 142 g/mol. The Morgan fingerprint density at radius 3 is 2.40 bits per heavy atom. The number of rotatable bonds is 0. The van der Waals surface area contributed by atoms with E-state index >= 15 is 0 Å². The molecule has 2 N–H and O–H groups in total. The molecule has 0 radical (unpaired) electrons. The second kappa shape index (κ2) is 1.74. The Balaban J connectivity index is 2.16. The first-order chi connectivity index (χ1) is 4.59. The van der Waals surface area contributed by atoms with E-state index in [-0.39, 0.29) is 6.10 Å². The van der Waals surface area contributed by atoms with Gasteiger partial charge in [0.15, 0.2) is 0 Å². The van der Waals surface area contributed by atoms with Crippen LogP contribution in [0.3, 0.4) is 0 Å². The minimum Gasteiger partial charge on any atom is -0.393 e. The van der Waals surface area contributed by atoms with Crippen LogP contribution < -0.4 is 0 Å². The smallest absolute Gasteiger partial charge is 0.0652 e. The fraction of sp³-hybridized carbons (Fsp3) is 1.00. The summed E-state index contributed by atoms with van der Waals surface area (Å²) < 4.78 is 0. The van der Waals surface area contributed by atoms with Crippen LogP contribution in [0.4, 0.5) is 0 Å². The summed E-state index contributed by atoms with van der Waals surface area (Å²) in [5, 5.41) is 19.0. The zero-order valence-corrected chi connectivity index (χ0v) is 6.25. The highest BCUT2D eigenvalue weighted by atomic mass is 16.3. The zero-order valence-electron chi connectivity index (χ0n) is 6.25. The van der Waals surface area contributed by atoms with Gasteiger partial charge in [-0.25, -0.2) is 0 Å². The molecule has 2 bridgehead atoms. The van der Waals surface area contributed by atoms with E-state index in [9.17, 15) is 10.2 Å². The van der Waals surface area contributed by atoms with Crippen LogP contribution in [-0.4, -0.2) is 21.9 Å². The van der Waals surface area contributed by atoms with Crippen LogP contribution in [0, 0.1) is 11.8 Å². The van der Waals surface area contributed by atoms with Crippen molar-refractivity contribution in [3.8, 4) is 0 Å². The standard InChI is InChI=1S/C8H14O2/c1-8(10)4-5-2-6(8)3-7(5)9/h5-7,9-10H,2-4H2,1H3. The Kier molecular flexibility index (Phi) is 1.15. The molecular formula is C8H14O2. The highest BCUT2D eigenvalue weighted by Gasteiger charge is 2.51. The quantitative estimate of drug-likeness (QED) is 0.518. The van der Waals surface area contributed by atoms with Crippen molar-refractivity contribution in [1.82, 2.24) is 0 Å². The molecule has 2 heteroatoms. The van der Waals surface area contributed by atoms with Crippen molar-refractivity contribution in [2.75, 3.05) is 0 Å². The molecule has 0 aliphatic heterocycles. The van der Waals surface area contributed by atoms with Crippen molar-refractivity contribution in [1.29, 1.82) is 0 Å². The van der Waals surface area contributed by atoms with Crippen molar-refractivity contribution in [2.24, 2.45) is 11.8 Å². The first-order valence-corrected chi connectivity index (χ1v) is 4.00. The zero-order chi connectivity index (χ0) is 7.35. The third-order valence-electron chi connectivity index (χ3n) is 3.21. The van der Waals surface area contributed by atoms with E-state index in [0.717, 1.165) is 19.3 Å². The number of hydrogen-bond donors (Lipinski definition) is 2. The Morgan fingerprint density at radius 2 is 2.10 bits per heavy atom. The Bertz CT molecular complexity index is 151. The molecule has 2 aliphatic rings. The highest BCUT2D eigenvalue weighted by Crippen LogP contribution is 2.50. The Hall–Kier alpha value is -0.0800. The minimum absolute atomic E-state index is 0.120. The summed E-state index contributed by atoms with van der Waals surface area (Å²) >= 11 is 0. The number of fused-ring (bicyclic) bond motifs is 2. The number of aliphatic hydroxyl groups is 2. The predicted octanol–water partition coefficient (Wildman–Crippen LogP) is 0.528. The number of aliphatic hydroxyl groups excluding tert-OH is 1. The van der Waals surface area contributed by atoms with Gasteiger partial charge < -0.3 is 10.2 Å². The fourth-order valence-corrected chi connectivity index (χ4v) is 2.53. The van der Waals surface area contributed by atoms with Gasteiger partial charge in [-0.3, -0.25) is 0 Å². The normalized spacial score (nSPS) is 59.7. The summed E-state index contributed by atoms with van der Waals surface area (Å²) in [6.45, 7) is 1.89. The summed E-state index contributed by atoms with van der Waals surface area (Å²) in [6.07, 6.45) is 2.54. The fourth-order valence-electron chi connectivity index (χ4n) is 2.53. The maximum atomic E-state index is 9.69.